The number of carbonyl (C=O) groups is 3. The molecule has 31 heavy (non-hydrogen) atoms. The van der Waals surface area contributed by atoms with Gasteiger partial charge in [-0.05, 0) is 10.6 Å². The number of nitrogens with two attached hydrogens (primary N) is 1. The SMILES string of the molecule is CC(=O)OC[C@H]1O[C@@H](n2cnc3c(N)nc(N=[N+]=[N-])nc32)[C@H](OC(C)=O)[C@@H]1OC(C)=O. The summed E-state index contributed by atoms with van der Waals surface area (Å²) in [5.41, 5.74) is 14.8. The molecule has 15 nitrogen and oxygen atoms in total. The third kappa shape index (κ3) is 4.62. The van der Waals surface area contributed by atoms with Gasteiger partial charge in [-0.2, -0.15) is 0 Å². The molecule has 0 spiro atoms. The average molecular weight is 434 g/mol. The molecule has 0 aromatic carbocycles. The van der Waals surface area contributed by atoms with Crippen LogP contribution in [-0.2, 0) is 33.3 Å². The number of carbonyl (C=O) groups excluding carboxylic acids is 3. The number of nitrogens with zero attached hydrogens (tertiary/aromatic N) is 7. The molecule has 0 saturated carbocycles. The smallest absolute Gasteiger partial charge is 0.303 e. The highest BCUT2D eigenvalue weighted by Crippen LogP contribution is 2.36. The predicted molar refractivity (Wildman–Crippen MR) is 100 cm³/mol. The Kier molecular flexibility index (Phi) is 6.17. The highest BCUT2D eigenvalue weighted by atomic mass is 16.7. The zero-order chi connectivity index (χ0) is 22.7. The average Bonchev–Trinajstić information content (AvgIpc) is 3.22. The zero-order valence-corrected chi connectivity index (χ0v) is 16.7. The Morgan fingerprint density at radius 2 is 1.87 bits per heavy atom. The molecule has 1 fully saturated rings. The Labute approximate surface area is 174 Å². The molecule has 0 amide bonds. The molecular formula is C16H18N8O7. The fraction of sp³-hybridized carbons (Fsp3) is 0.500. The Balaban J connectivity index is 2.08. The summed E-state index contributed by atoms with van der Waals surface area (Å²) in [6.07, 6.45) is -2.99. The summed E-state index contributed by atoms with van der Waals surface area (Å²) in [5, 5.41) is 3.33. The topological polar surface area (TPSA) is 207 Å². The first-order valence-corrected chi connectivity index (χ1v) is 8.89. The summed E-state index contributed by atoms with van der Waals surface area (Å²) in [7, 11) is 0. The summed E-state index contributed by atoms with van der Waals surface area (Å²) in [5.74, 6) is -2.22. The maximum absolute atomic E-state index is 11.7. The molecule has 3 rings (SSSR count). The number of imidazole rings is 1. The van der Waals surface area contributed by atoms with Crippen molar-refractivity contribution in [3.8, 4) is 0 Å². The Morgan fingerprint density at radius 1 is 1.19 bits per heavy atom. The van der Waals surface area contributed by atoms with Gasteiger partial charge in [0, 0.05) is 25.7 Å². The van der Waals surface area contributed by atoms with Gasteiger partial charge in [0.05, 0.1) is 6.33 Å². The molecule has 3 heterocycles. The van der Waals surface area contributed by atoms with Crippen LogP contribution in [0.3, 0.4) is 0 Å². The predicted octanol–water partition coefficient (Wildman–Crippen LogP) is 0.674. The van der Waals surface area contributed by atoms with E-state index in [0.29, 0.717) is 0 Å². The van der Waals surface area contributed by atoms with Crippen molar-refractivity contribution in [2.75, 3.05) is 12.3 Å². The Hall–Kier alpha value is -3.97. The standard InChI is InChI=1S/C16H18N8O7/c1-6(25)28-4-9-11(29-7(2)26)12(30-8(3)27)15(31-9)24-5-19-10-13(17)20-16(22-23-18)21-14(10)24/h5,9,11-12,15H,4H2,1-3H3,(H2,17,20,21)/t9-,11-,12-,15-/m1/s1. The molecule has 0 aliphatic carbocycles. The second kappa shape index (κ2) is 8.81. The van der Waals surface area contributed by atoms with Gasteiger partial charge in [-0.15, -0.1) is 0 Å². The lowest BCUT2D eigenvalue weighted by Gasteiger charge is -2.23. The summed E-state index contributed by atoms with van der Waals surface area (Å²) in [4.78, 5) is 49.3. The summed E-state index contributed by atoms with van der Waals surface area (Å²) < 4.78 is 22.9. The third-order valence-corrected chi connectivity index (χ3v) is 4.19. The lowest BCUT2D eigenvalue weighted by atomic mass is 10.1. The van der Waals surface area contributed by atoms with Crippen molar-refractivity contribution in [2.45, 2.75) is 45.3 Å². The number of anilines is 1. The molecule has 0 radical (unpaired) electrons. The highest BCUT2D eigenvalue weighted by Gasteiger charge is 2.51. The van der Waals surface area contributed by atoms with E-state index in [1.807, 2.05) is 0 Å². The number of ether oxygens (including phenoxy) is 4. The van der Waals surface area contributed by atoms with E-state index in [4.69, 9.17) is 30.2 Å². The number of nitrogen functional groups attached to an aromatic ring is 1. The van der Waals surface area contributed by atoms with E-state index in [1.54, 1.807) is 0 Å². The second-order valence-electron chi connectivity index (χ2n) is 6.44. The Bertz CT molecular complexity index is 1080. The quantitative estimate of drug-likeness (QED) is 0.220. The van der Waals surface area contributed by atoms with Crippen molar-refractivity contribution in [3.63, 3.8) is 0 Å². The minimum absolute atomic E-state index is 0.0545. The van der Waals surface area contributed by atoms with Gasteiger partial charge in [0.25, 0.3) is 0 Å². The largest absolute Gasteiger partial charge is 0.463 e. The molecule has 2 aromatic heterocycles. The van der Waals surface area contributed by atoms with E-state index >= 15 is 0 Å². The fourth-order valence-corrected chi connectivity index (χ4v) is 3.11. The number of aromatic nitrogens is 4. The molecule has 1 aliphatic rings. The van der Waals surface area contributed by atoms with Crippen LogP contribution in [0.2, 0.25) is 0 Å². The summed E-state index contributed by atoms with van der Waals surface area (Å²) in [6.45, 7) is 3.29. The molecule has 164 valence electrons. The van der Waals surface area contributed by atoms with E-state index < -0.39 is 42.4 Å². The van der Waals surface area contributed by atoms with E-state index in [1.165, 1.54) is 31.7 Å². The van der Waals surface area contributed by atoms with Crippen LogP contribution in [0.15, 0.2) is 11.4 Å². The number of fused-ring (bicyclic) bond motifs is 1. The Morgan fingerprint density at radius 3 is 2.48 bits per heavy atom. The number of esters is 3. The van der Waals surface area contributed by atoms with Crippen molar-refractivity contribution >= 4 is 40.8 Å². The van der Waals surface area contributed by atoms with Gasteiger partial charge in [0.2, 0.25) is 5.95 Å². The molecule has 0 unspecified atom stereocenters. The maximum atomic E-state index is 11.7. The minimum Gasteiger partial charge on any atom is -0.463 e. The molecule has 0 bridgehead atoms. The third-order valence-electron chi connectivity index (χ3n) is 4.19. The van der Waals surface area contributed by atoms with Crippen molar-refractivity contribution in [3.05, 3.63) is 16.8 Å². The number of azide groups is 1. The first kappa shape index (κ1) is 21.7. The van der Waals surface area contributed by atoms with E-state index in [0.717, 1.165) is 0 Å². The summed E-state index contributed by atoms with van der Waals surface area (Å²) in [6, 6.07) is 0. The molecule has 1 saturated heterocycles. The van der Waals surface area contributed by atoms with Gasteiger partial charge in [0.15, 0.2) is 29.9 Å². The van der Waals surface area contributed by atoms with Crippen molar-refractivity contribution in [2.24, 2.45) is 5.11 Å². The first-order valence-electron chi connectivity index (χ1n) is 8.89. The minimum atomic E-state index is -1.14. The fourth-order valence-electron chi connectivity index (χ4n) is 3.11. The van der Waals surface area contributed by atoms with Gasteiger partial charge in [-0.3, -0.25) is 19.0 Å². The number of rotatable bonds is 6. The molecule has 1 aliphatic heterocycles. The first-order chi connectivity index (χ1) is 14.7. The zero-order valence-electron chi connectivity index (χ0n) is 16.7. The van der Waals surface area contributed by atoms with Crippen LogP contribution in [0.25, 0.3) is 21.6 Å². The van der Waals surface area contributed by atoms with Crippen LogP contribution in [0.4, 0.5) is 11.8 Å². The van der Waals surface area contributed by atoms with Gasteiger partial charge in [0.1, 0.15) is 18.2 Å². The molecule has 15 heteroatoms. The van der Waals surface area contributed by atoms with Crippen LogP contribution in [-0.4, -0.2) is 62.3 Å². The molecule has 2 N–H and O–H groups in total. The van der Waals surface area contributed by atoms with Crippen LogP contribution in [0.1, 0.15) is 27.0 Å². The van der Waals surface area contributed by atoms with Crippen LogP contribution < -0.4 is 5.73 Å². The van der Waals surface area contributed by atoms with Crippen molar-refractivity contribution < 1.29 is 33.3 Å². The molecule has 4 atom stereocenters. The van der Waals surface area contributed by atoms with Crippen molar-refractivity contribution in [1.82, 2.24) is 19.5 Å². The van der Waals surface area contributed by atoms with Gasteiger partial charge in [-0.1, -0.05) is 0 Å². The van der Waals surface area contributed by atoms with E-state index in [2.05, 4.69) is 25.0 Å². The maximum Gasteiger partial charge on any atom is 0.303 e. The number of hydrogen-bond acceptors (Lipinski definition) is 12. The summed E-state index contributed by atoms with van der Waals surface area (Å²) >= 11 is 0. The number of hydrogen-bond donors (Lipinski definition) is 1. The van der Waals surface area contributed by atoms with Gasteiger partial charge >= 0.3 is 17.9 Å². The monoisotopic (exact) mass is 434 g/mol. The van der Waals surface area contributed by atoms with Crippen LogP contribution in [0.5, 0.6) is 0 Å². The van der Waals surface area contributed by atoms with E-state index in [-0.39, 0.29) is 29.5 Å². The van der Waals surface area contributed by atoms with Crippen LogP contribution in [0, 0.1) is 0 Å². The normalized spacial score (nSPS) is 22.5. The van der Waals surface area contributed by atoms with E-state index in [9.17, 15) is 14.4 Å². The highest BCUT2D eigenvalue weighted by molar-refractivity contribution is 5.82. The second-order valence-corrected chi connectivity index (χ2v) is 6.44. The van der Waals surface area contributed by atoms with Gasteiger partial charge in [-0.25, -0.2) is 15.0 Å². The lowest BCUT2D eigenvalue weighted by Crippen LogP contribution is -2.40. The van der Waals surface area contributed by atoms with Crippen molar-refractivity contribution in [1.29, 1.82) is 0 Å². The van der Waals surface area contributed by atoms with Gasteiger partial charge < -0.3 is 24.7 Å². The lowest BCUT2D eigenvalue weighted by molar-refractivity contribution is -0.166. The van der Waals surface area contributed by atoms with Crippen LogP contribution >= 0.6 is 0 Å². The molecule has 2 aromatic rings. The molecular weight excluding hydrogens is 416 g/mol.